The minimum atomic E-state index is -1.64. The van der Waals surface area contributed by atoms with Gasteiger partial charge in [0.05, 0.1) is 22.8 Å². The second kappa shape index (κ2) is 11.5. The summed E-state index contributed by atoms with van der Waals surface area (Å²) >= 11 is 0. The fraction of sp³-hybridized carbons (Fsp3) is 0.324. The summed E-state index contributed by atoms with van der Waals surface area (Å²) in [5, 5.41) is 15.5. The molecule has 4 N–H and O–H groups in total. The molecule has 2 amide bonds. The van der Waals surface area contributed by atoms with Crippen LogP contribution < -0.4 is 5.32 Å². The maximum Gasteiger partial charge on any atom is 0.289 e. The highest BCUT2D eigenvalue weighted by Crippen LogP contribution is 2.28. The van der Waals surface area contributed by atoms with Crippen molar-refractivity contribution < 1.29 is 19.1 Å². The Morgan fingerprint density at radius 2 is 1.75 bits per heavy atom. The molecule has 0 saturated carbocycles. The number of hydrogen-bond acceptors (Lipinski definition) is 5. The van der Waals surface area contributed by atoms with Crippen molar-refractivity contribution >= 4 is 33.8 Å². The Kier molecular flexibility index (Phi) is 7.73. The molecule has 6 rings (SSSR count). The van der Waals surface area contributed by atoms with Crippen LogP contribution in [0.4, 0.5) is 4.39 Å². The van der Waals surface area contributed by atoms with Crippen LogP contribution in [0.25, 0.3) is 21.9 Å². The number of nitrogens with one attached hydrogen (secondary N) is 3. The summed E-state index contributed by atoms with van der Waals surface area (Å²) < 4.78 is 13.9. The van der Waals surface area contributed by atoms with Crippen molar-refractivity contribution in [3.8, 4) is 0 Å². The Balaban J connectivity index is 1.25. The lowest BCUT2D eigenvalue weighted by molar-refractivity contribution is -0.141. The van der Waals surface area contributed by atoms with Crippen molar-refractivity contribution in [3.63, 3.8) is 0 Å². The van der Waals surface area contributed by atoms with E-state index in [1.807, 2.05) is 73.3 Å². The number of para-hydroxylation sites is 2. The number of hydrogen-bond donors (Lipinski definition) is 4. The number of fused-ring (bicyclic) bond motifs is 2. The lowest BCUT2D eigenvalue weighted by Crippen LogP contribution is -2.59. The van der Waals surface area contributed by atoms with Gasteiger partial charge in [0.2, 0.25) is 5.91 Å². The molecule has 0 bridgehead atoms. The number of benzene rings is 3. The Bertz CT molecular complexity index is 1780. The van der Waals surface area contributed by atoms with Gasteiger partial charge in [0, 0.05) is 36.1 Å². The van der Waals surface area contributed by atoms with E-state index in [9.17, 15) is 19.1 Å². The predicted molar refractivity (Wildman–Crippen MR) is 167 cm³/mol. The zero-order valence-electron chi connectivity index (χ0n) is 25.1. The molecule has 5 aromatic rings. The van der Waals surface area contributed by atoms with Crippen molar-refractivity contribution in [1.29, 1.82) is 0 Å². The number of carbonyl (C=O) groups excluding carboxylic acids is 2. The number of amides is 2. The third kappa shape index (κ3) is 5.95. The number of aliphatic hydroxyl groups is 1. The van der Waals surface area contributed by atoms with Crippen LogP contribution in [0.2, 0.25) is 0 Å². The van der Waals surface area contributed by atoms with Crippen LogP contribution in [-0.4, -0.2) is 72.9 Å². The second-order valence-corrected chi connectivity index (χ2v) is 12.3. The van der Waals surface area contributed by atoms with Crippen molar-refractivity contribution in [1.82, 2.24) is 30.1 Å². The van der Waals surface area contributed by atoms with Crippen LogP contribution >= 0.6 is 0 Å². The van der Waals surface area contributed by atoms with E-state index < -0.39 is 17.3 Å². The number of rotatable bonds is 7. The first-order valence-electron chi connectivity index (χ1n) is 14.9. The fourth-order valence-corrected chi connectivity index (χ4v) is 6.01. The number of halogens is 1. The van der Waals surface area contributed by atoms with Gasteiger partial charge in [0.1, 0.15) is 5.82 Å². The van der Waals surface area contributed by atoms with Crippen LogP contribution in [0, 0.1) is 5.82 Å². The SMILES string of the molecule is CC(O)(N[C@@H](Cc1ccccc1)C(=O)N1CCN(C(=O)c2nc3ccccc3[nH]2)CCC1(C)C)c1cc2cc(F)ccc2[nH]1. The van der Waals surface area contributed by atoms with E-state index in [1.165, 1.54) is 12.1 Å². The quantitative estimate of drug-likeness (QED) is 0.203. The topological polar surface area (TPSA) is 117 Å². The molecule has 3 heterocycles. The Morgan fingerprint density at radius 1 is 1.00 bits per heavy atom. The van der Waals surface area contributed by atoms with Gasteiger partial charge in [-0.15, -0.1) is 0 Å². The Hall–Kier alpha value is -4.54. The molecule has 10 heteroatoms. The third-order valence-electron chi connectivity index (χ3n) is 8.61. The number of nitrogens with zero attached hydrogens (tertiary/aromatic N) is 3. The lowest BCUT2D eigenvalue weighted by Gasteiger charge is -2.40. The number of aromatic nitrogens is 3. The van der Waals surface area contributed by atoms with Crippen LogP contribution in [0.15, 0.2) is 78.9 Å². The molecule has 0 aliphatic carbocycles. The molecule has 3 aromatic carbocycles. The maximum atomic E-state index is 14.4. The van der Waals surface area contributed by atoms with E-state index in [0.717, 1.165) is 16.6 Å². The van der Waals surface area contributed by atoms with Crippen LogP contribution in [0.3, 0.4) is 0 Å². The molecule has 0 spiro atoms. The summed E-state index contributed by atoms with van der Waals surface area (Å²) in [5.74, 6) is -0.478. The molecule has 9 nitrogen and oxygen atoms in total. The van der Waals surface area contributed by atoms with E-state index in [1.54, 1.807) is 24.0 Å². The van der Waals surface area contributed by atoms with E-state index in [4.69, 9.17) is 0 Å². The first-order chi connectivity index (χ1) is 21.0. The summed E-state index contributed by atoms with van der Waals surface area (Å²) in [6, 6.07) is 22.4. The zero-order valence-corrected chi connectivity index (χ0v) is 25.1. The normalized spacial score (nSPS) is 17.4. The summed E-state index contributed by atoms with van der Waals surface area (Å²) in [4.78, 5) is 42.2. The van der Waals surface area contributed by atoms with E-state index in [2.05, 4.69) is 20.3 Å². The van der Waals surface area contributed by atoms with E-state index in [-0.39, 0.29) is 23.5 Å². The van der Waals surface area contributed by atoms with Crippen molar-refractivity contribution in [2.75, 3.05) is 19.6 Å². The standard InChI is InChI=1S/C34H37FN6O3/c1-33(2)15-16-40(32(43)30-37-26-11-7-8-12-27(26)38-30)17-18-41(33)31(42)28(19-22-9-5-4-6-10-22)39-34(3,44)29-21-23-20-24(35)13-14-25(23)36-29/h4-14,20-21,28,36,39,44H,15-19H2,1-3H3,(H,37,38)/t28-,34?/m0/s1. The largest absolute Gasteiger partial charge is 0.370 e. The average Bonchev–Trinajstić information content (AvgIpc) is 3.59. The molecule has 228 valence electrons. The van der Waals surface area contributed by atoms with Crippen LogP contribution in [0.1, 0.15) is 49.1 Å². The number of carbonyl (C=O) groups is 2. The van der Waals surface area contributed by atoms with Gasteiger partial charge in [-0.25, -0.2) is 9.37 Å². The minimum Gasteiger partial charge on any atom is -0.370 e. The van der Waals surface area contributed by atoms with Gasteiger partial charge in [0.25, 0.3) is 5.91 Å². The molecule has 1 fully saturated rings. The van der Waals surface area contributed by atoms with Crippen molar-refractivity contribution in [2.45, 2.75) is 50.9 Å². The van der Waals surface area contributed by atoms with Gasteiger partial charge in [-0.3, -0.25) is 14.9 Å². The number of H-pyrrole nitrogens is 2. The minimum absolute atomic E-state index is 0.181. The van der Waals surface area contributed by atoms with E-state index in [0.29, 0.717) is 49.1 Å². The van der Waals surface area contributed by atoms with Gasteiger partial charge < -0.3 is 24.9 Å². The summed E-state index contributed by atoms with van der Waals surface area (Å²) in [5.41, 5.74) is 1.35. The van der Waals surface area contributed by atoms with Gasteiger partial charge in [-0.1, -0.05) is 42.5 Å². The van der Waals surface area contributed by atoms with Crippen molar-refractivity contribution in [2.24, 2.45) is 0 Å². The number of imidazole rings is 1. The molecule has 1 saturated heterocycles. The van der Waals surface area contributed by atoms with Gasteiger partial charge in [0.15, 0.2) is 11.5 Å². The fourth-order valence-electron chi connectivity index (χ4n) is 6.01. The highest BCUT2D eigenvalue weighted by molar-refractivity contribution is 5.94. The second-order valence-electron chi connectivity index (χ2n) is 12.3. The molecule has 2 aromatic heterocycles. The first-order valence-corrected chi connectivity index (χ1v) is 14.9. The monoisotopic (exact) mass is 596 g/mol. The Labute approximate surface area is 255 Å². The average molecular weight is 597 g/mol. The third-order valence-corrected chi connectivity index (χ3v) is 8.61. The molecule has 44 heavy (non-hydrogen) atoms. The molecule has 1 unspecified atom stereocenters. The van der Waals surface area contributed by atoms with Crippen molar-refractivity contribution in [3.05, 3.63) is 102 Å². The Morgan fingerprint density at radius 3 is 2.52 bits per heavy atom. The predicted octanol–water partition coefficient (Wildman–Crippen LogP) is 4.70. The van der Waals surface area contributed by atoms with Crippen LogP contribution in [-0.2, 0) is 16.9 Å². The highest BCUT2D eigenvalue weighted by atomic mass is 19.1. The molecule has 1 aliphatic rings. The zero-order chi connectivity index (χ0) is 31.1. The number of aromatic amines is 2. The molecular formula is C34H37FN6O3. The van der Waals surface area contributed by atoms with E-state index >= 15 is 0 Å². The lowest BCUT2D eigenvalue weighted by atomic mass is 9.95. The van der Waals surface area contributed by atoms with Crippen LogP contribution in [0.5, 0.6) is 0 Å². The summed E-state index contributed by atoms with van der Waals surface area (Å²) in [6.07, 6.45) is 0.894. The molecule has 0 radical (unpaired) electrons. The molecule has 1 aliphatic heterocycles. The first kappa shape index (κ1) is 29.5. The molecule has 2 atom stereocenters. The summed E-state index contributed by atoms with van der Waals surface area (Å²) in [6.45, 7) is 6.72. The maximum absolute atomic E-state index is 14.4. The van der Waals surface area contributed by atoms with Gasteiger partial charge in [-0.2, -0.15) is 0 Å². The molecular weight excluding hydrogens is 559 g/mol. The summed E-state index contributed by atoms with van der Waals surface area (Å²) in [7, 11) is 0. The van der Waals surface area contributed by atoms with Gasteiger partial charge in [-0.05, 0) is 75.6 Å². The van der Waals surface area contributed by atoms with Gasteiger partial charge >= 0.3 is 0 Å². The smallest absolute Gasteiger partial charge is 0.289 e. The highest BCUT2D eigenvalue weighted by Gasteiger charge is 2.40.